The second-order valence-corrected chi connectivity index (χ2v) is 5.88. The monoisotopic (exact) mass is 261 g/mol. The van der Waals surface area contributed by atoms with Crippen molar-refractivity contribution in [2.24, 2.45) is 5.73 Å². The number of fused-ring (bicyclic) bond motifs is 1. The van der Waals surface area contributed by atoms with Crippen LogP contribution in [0.4, 0.5) is 0 Å². The summed E-state index contributed by atoms with van der Waals surface area (Å²) in [5.41, 5.74) is 8.53. The summed E-state index contributed by atoms with van der Waals surface area (Å²) in [4.78, 5) is 0. The van der Waals surface area contributed by atoms with Crippen molar-refractivity contribution in [3.8, 4) is 0 Å². The van der Waals surface area contributed by atoms with Crippen LogP contribution in [0.2, 0.25) is 0 Å². The molecule has 19 heavy (non-hydrogen) atoms. The first kappa shape index (κ1) is 14.5. The Bertz CT molecular complexity index is 404. The second kappa shape index (κ2) is 6.53. The van der Waals surface area contributed by atoms with Gasteiger partial charge in [-0.1, -0.05) is 56.9 Å². The first-order valence-corrected chi connectivity index (χ1v) is 7.71. The molecule has 0 aliphatic heterocycles. The molecule has 0 spiro atoms. The Kier molecular flexibility index (Phi) is 5.00. The fraction of sp³-hybridized carbons (Fsp3) is 0.647. The first-order chi connectivity index (χ1) is 9.24. The Labute approximate surface area is 117 Å². The number of hydrogen-bond acceptors (Lipinski definition) is 2. The van der Waals surface area contributed by atoms with E-state index in [1.54, 1.807) is 0 Å². The number of nitrogens with two attached hydrogens (primary N) is 1. The van der Waals surface area contributed by atoms with Crippen LogP contribution in [0.3, 0.4) is 0 Å². The molecule has 0 bridgehead atoms. The molecule has 1 aliphatic carbocycles. The summed E-state index contributed by atoms with van der Waals surface area (Å²) in [6, 6.07) is 8.48. The molecule has 0 saturated heterocycles. The molecule has 0 saturated carbocycles. The van der Waals surface area contributed by atoms with Gasteiger partial charge in [-0.2, -0.15) is 0 Å². The molecule has 1 aromatic rings. The smallest absolute Gasteiger partial charge is 0.0649 e. The Morgan fingerprint density at radius 2 is 2.05 bits per heavy atom. The van der Waals surface area contributed by atoms with Crippen molar-refractivity contribution in [3.63, 3.8) is 0 Å². The van der Waals surface area contributed by atoms with Gasteiger partial charge >= 0.3 is 0 Å². The van der Waals surface area contributed by atoms with Gasteiger partial charge in [0.2, 0.25) is 0 Å². The van der Waals surface area contributed by atoms with Gasteiger partial charge in [-0.05, 0) is 30.4 Å². The van der Waals surface area contributed by atoms with Crippen LogP contribution in [0.5, 0.6) is 0 Å². The number of aliphatic hydroxyl groups excluding tert-OH is 1. The summed E-state index contributed by atoms with van der Waals surface area (Å²) in [6.07, 6.45) is 7.47. The third-order valence-corrected chi connectivity index (χ3v) is 4.73. The normalized spacial score (nSPS) is 23.3. The summed E-state index contributed by atoms with van der Waals surface area (Å²) in [6.45, 7) is 2.77. The zero-order valence-corrected chi connectivity index (χ0v) is 12.1. The molecule has 0 aromatic heterocycles. The quantitative estimate of drug-likeness (QED) is 0.741. The standard InChI is InChI=1S/C17H27NO/c1-2-3-4-5-10-16(19)17(13-18)12-11-14-8-6-7-9-15(14)17/h6-9,16,19H,2-5,10-13,18H2,1H3. The van der Waals surface area contributed by atoms with Gasteiger partial charge in [0.1, 0.15) is 0 Å². The molecule has 2 rings (SSSR count). The lowest BCUT2D eigenvalue weighted by molar-refractivity contribution is 0.0736. The Morgan fingerprint density at radius 3 is 2.79 bits per heavy atom. The highest BCUT2D eigenvalue weighted by Gasteiger charge is 2.42. The lowest BCUT2D eigenvalue weighted by atomic mass is 9.75. The topological polar surface area (TPSA) is 46.2 Å². The van der Waals surface area contributed by atoms with Crippen LogP contribution >= 0.6 is 0 Å². The molecule has 0 radical (unpaired) electrons. The number of unbranched alkanes of at least 4 members (excludes halogenated alkanes) is 3. The van der Waals surface area contributed by atoms with Crippen LogP contribution in [0.25, 0.3) is 0 Å². The number of benzene rings is 1. The maximum atomic E-state index is 10.7. The van der Waals surface area contributed by atoms with Gasteiger partial charge in [0, 0.05) is 12.0 Å². The van der Waals surface area contributed by atoms with Crippen LogP contribution in [0.15, 0.2) is 24.3 Å². The van der Waals surface area contributed by atoms with Gasteiger partial charge in [-0.15, -0.1) is 0 Å². The fourth-order valence-electron chi connectivity index (χ4n) is 3.45. The van der Waals surface area contributed by atoms with E-state index in [1.807, 2.05) is 0 Å². The predicted octanol–water partition coefficient (Wildman–Crippen LogP) is 3.16. The molecule has 0 fully saturated rings. The zero-order valence-electron chi connectivity index (χ0n) is 12.1. The van der Waals surface area contributed by atoms with Gasteiger partial charge in [-0.3, -0.25) is 0 Å². The fourth-order valence-corrected chi connectivity index (χ4v) is 3.45. The molecule has 2 atom stereocenters. The van der Waals surface area contributed by atoms with Crippen LogP contribution in [0.1, 0.15) is 56.6 Å². The average molecular weight is 261 g/mol. The van der Waals surface area contributed by atoms with Crippen molar-refractivity contribution in [1.29, 1.82) is 0 Å². The maximum absolute atomic E-state index is 10.7. The molecule has 3 N–H and O–H groups in total. The highest BCUT2D eigenvalue weighted by Crippen LogP contribution is 2.42. The lowest BCUT2D eigenvalue weighted by Crippen LogP contribution is -2.44. The Morgan fingerprint density at radius 1 is 1.26 bits per heavy atom. The first-order valence-electron chi connectivity index (χ1n) is 7.71. The molecule has 0 heterocycles. The van der Waals surface area contributed by atoms with Crippen molar-refractivity contribution in [1.82, 2.24) is 0 Å². The second-order valence-electron chi connectivity index (χ2n) is 5.88. The van der Waals surface area contributed by atoms with Crippen molar-refractivity contribution in [2.75, 3.05) is 6.54 Å². The highest BCUT2D eigenvalue weighted by atomic mass is 16.3. The molecule has 2 unspecified atom stereocenters. The van der Waals surface area contributed by atoms with E-state index in [9.17, 15) is 5.11 Å². The predicted molar refractivity (Wildman–Crippen MR) is 80.3 cm³/mol. The number of aryl methyl sites for hydroxylation is 1. The molecule has 2 nitrogen and oxygen atoms in total. The van der Waals surface area contributed by atoms with Gasteiger partial charge in [0.05, 0.1) is 6.10 Å². The SMILES string of the molecule is CCCCCCC(O)C1(CN)CCc2ccccc21. The van der Waals surface area contributed by atoms with E-state index in [2.05, 4.69) is 31.2 Å². The average Bonchev–Trinajstić information content (AvgIpc) is 2.83. The Hall–Kier alpha value is -0.860. The number of rotatable bonds is 7. The summed E-state index contributed by atoms with van der Waals surface area (Å²) in [7, 11) is 0. The molecule has 1 aromatic carbocycles. The maximum Gasteiger partial charge on any atom is 0.0649 e. The molecular weight excluding hydrogens is 234 g/mol. The van der Waals surface area contributed by atoms with Crippen LogP contribution in [-0.4, -0.2) is 17.8 Å². The summed E-state index contributed by atoms with van der Waals surface area (Å²) < 4.78 is 0. The van der Waals surface area contributed by atoms with E-state index in [0.717, 1.165) is 25.7 Å². The molecule has 1 aliphatic rings. The minimum Gasteiger partial charge on any atom is -0.392 e. The van der Waals surface area contributed by atoms with Crippen LogP contribution < -0.4 is 5.73 Å². The highest BCUT2D eigenvalue weighted by molar-refractivity contribution is 5.41. The van der Waals surface area contributed by atoms with Crippen molar-refractivity contribution in [2.45, 2.75) is 63.4 Å². The van der Waals surface area contributed by atoms with Gasteiger partial charge in [0.15, 0.2) is 0 Å². The van der Waals surface area contributed by atoms with E-state index in [-0.39, 0.29) is 11.5 Å². The third kappa shape index (κ3) is 2.85. The summed E-state index contributed by atoms with van der Waals surface area (Å²) >= 11 is 0. The number of hydrogen-bond donors (Lipinski definition) is 2. The van der Waals surface area contributed by atoms with E-state index in [0.29, 0.717) is 6.54 Å². The minimum atomic E-state index is -0.294. The van der Waals surface area contributed by atoms with E-state index >= 15 is 0 Å². The van der Waals surface area contributed by atoms with Crippen LogP contribution in [-0.2, 0) is 11.8 Å². The van der Waals surface area contributed by atoms with Crippen molar-refractivity contribution < 1.29 is 5.11 Å². The van der Waals surface area contributed by atoms with E-state index in [4.69, 9.17) is 5.73 Å². The molecular formula is C17H27NO. The molecule has 106 valence electrons. The lowest BCUT2D eigenvalue weighted by Gasteiger charge is -2.34. The molecule has 2 heteroatoms. The number of aliphatic hydroxyl groups is 1. The third-order valence-electron chi connectivity index (χ3n) is 4.73. The Balaban J connectivity index is 2.07. The zero-order chi connectivity index (χ0) is 13.7. The van der Waals surface area contributed by atoms with Gasteiger partial charge < -0.3 is 10.8 Å². The minimum absolute atomic E-state index is 0.192. The summed E-state index contributed by atoms with van der Waals surface area (Å²) in [5, 5.41) is 10.7. The largest absolute Gasteiger partial charge is 0.392 e. The molecule has 0 amide bonds. The van der Waals surface area contributed by atoms with Crippen molar-refractivity contribution in [3.05, 3.63) is 35.4 Å². The van der Waals surface area contributed by atoms with Gasteiger partial charge in [0.25, 0.3) is 0 Å². The van der Waals surface area contributed by atoms with E-state index in [1.165, 1.54) is 30.4 Å². The van der Waals surface area contributed by atoms with Gasteiger partial charge in [-0.25, -0.2) is 0 Å². The van der Waals surface area contributed by atoms with Crippen LogP contribution in [0, 0.1) is 0 Å². The summed E-state index contributed by atoms with van der Waals surface area (Å²) in [5.74, 6) is 0. The van der Waals surface area contributed by atoms with E-state index < -0.39 is 0 Å². The van der Waals surface area contributed by atoms with Crippen molar-refractivity contribution >= 4 is 0 Å².